The third-order valence-electron chi connectivity index (χ3n) is 5.93. The maximum atomic E-state index is 14.0. The van der Waals surface area contributed by atoms with Crippen LogP contribution in [0.2, 0.25) is 18.1 Å². The molecule has 1 saturated heterocycles. The van der Waals surface area contributed by atoms with Gasteiger partial charge in [0.1, 0.15) is 0 Å². The molecular formula is C23H29F3OSi. The van der Waals surface area contributed by atoms with Gasteiger partial charge in [-0.25, -0.2) is 4.39 Å². The monoisotopic (exact) mass is 406 g/mol. The third-order valence-corrected chi connectivity index (χ3v) is 9.45. The van der Waals surface area contributed by atoms with Crippen molar-refractivity contribution in [3.63, 3.8) is 0 Å². The number of alkyl halides is 2. The molecule has 2 aromatic carbocycles. The molecule has 0 saturated carbocycles. The van der Waals surface area contributed by atoms with Gasteiger partial charge in [-0.05, 0) is 47.6 Å². The first kappa shape index (κ1) is 21.0. The zero-order chi connectivity index (χ0) is 19.9. The highest BCUT2D eigenvalue weighted by molar-refractivity contribution is 6.59. The van der Waals surface area contributed by atoms with Gasteiger partial charge >= 0.3 is 6.61 Å². The molecule has 0 bridgehead atoms. The van der Waals surface area contributed by atoms with Crippen molar-refractivity contribution in [1.82, 2.24) is 0 Å². The van der Waals surface area contributed by atoms with Crippen LogP contribution in [-0.2, 0) is 0 Å². The molecule has 1 fully saturated rings. The van der Waals surface area contributed by atoms with E-state index in [2.05, 4.69) is 23.8 Å². The van der Waals surface area contributed by atoms with Crippen molar-refractivity contribution in [2.75, 3.05) is 0 Å². The second-order valence-electron chi connectivity index (χ2n) is 7.86. The first-order valence-electron chi connectivity index (χ1n) is 10.4. The molecule has 0 atom stereocenters. The lowest BCUT2D eigenvalue weighted by Gasteiger charge is -2.28. The summed E-state index contributed by atoms with van der Waals surface area (Å²) in [5, 5.41) is 0. The van der Waals surface area contributed by atoms with Gasteiger partial charge in [-0.1, -0.05) is 74.7 Å². The number of benzene rings is 2. The molecule has 0 aliphatic carbocycles. The van der Waals surface area contributed by atoms with Crippen LogP contribution in [0.3, 0.4) is 0 Å². The highest BCUT2D eigenvalue weighted by Crippen LogP contribution is 2.36. The van der Waals surface area contributed by atoms with Crippen LogP contribution in [0.4, 0.5) is 13.2 Å². The Kier molecular flexibility index (Phi) is 7.60. The van der Waals surface area contributed by atoms with E-state index in [0.29, 0.717) is 11.5 Å². The molecule has 5 heteroatoms. The highest BCUT2D eigenvalue weighted by Gasteiger charge is 2.23. The lowest BCUT2D eigenvalue weighted by Crippen LogP contribution is -2.20. The molecule has 1 heterocycles. The lowest BCUT2D eigenvalue weighted by molar-refractivity contribution is -0.0521. The molecule has 1 aliphatic rings. The maximum absolute atomic E-state index is 14.0. The van der Waals surface area contributed by atoms with Gasteiger partial charge in [0.25, 0.3) is 0 Å². The summed E-state index contributed by atoms with van der Waals surface area (Å²) in [6, 6.07) is 16.8. The van der Waals surface area contributed by atoms with Gasteiger partial charge in [-0.2, -0.15) is 8.78 Å². The van der Waals surface area contributed by atoms with Crippen LogP contribution < -0.4 is 4.74 Å². The Hall–Kier alpha value is -1.75. The van der Waals surface area contributed by atoms with Crippen LogP contribution in [0.15, 0.2) is 42.5 Å². The summed E-state index contributed by atoms with van der Waals surface area (Å²) in [7, 11) is -0.507. The number of hydrogen-bond acceptors (Lipinski definition) is 1. The Bertz CT molecular complexity index is 740. The van der Waals surface area contributed by atoms with Gasteiger partial charge < -0.3 is 4.74 Å². The van der Waals surface area contributed by atoms with Gasteiger partial charge in [-0.15, -0.1) is 0 Å². The third kappa shape index (κ3) is 5.63. The van der Waals surface area contributed by atoms with Crippen molar-refractivity contribution in [2.45, 2.75) is 69.7 Å². The average molecular weight is 407 g/mol. The van der Waals surface area contributed by atoms with Crippen molar-refractivity contribution in [2.24, 2.45) is 0 Å². The Balaban J connectivity index is 1.59. The first-order chi connectivity index (χ1) is 13.6. The van der Waals surface area contributed by atoms with E-state index in [4.69, 9.17) is 0 Å². The molecule has 0 aromatic heterocycles. The molecule has 0 unspecified atom stereocenters. The summed E-state index contributed by atoms with van der Waals surface area (Å²) in [4.78, 5) is 0. The van der Waals surface area contributed by atoms with E-state index in [1.807, 2.05) is 12.1 Å². The largest absolute Gasteiger partial charge is 0.432 e. The van der Waals surface area contributed by atoms with E-state index >= 15 is 0 Å². The number of rotatable bonds is 8. The fraction of sp³-hybridized carbons (Fsp3) is 0.478. The van der Waals surface area contributed by atoms with Crippen molar-refractivity contribution in [1.29, 1.82) is 0 Å². The fourth-order valence-electron chi connectivity index (χ4n) is 4.29. The van der Waals surface area contributed by atoms with Gasteiger partial charge in [0.05, 0.1) is 0 Å². The molecule has 152 valence electrons. The SMILES string of the molecule is CCCCC[SiH]1CCC(c2ccc(-c3ccc(OC(F)F)c(F)c3)cc2)CC1. The quantitative estimate of drug-likeness (QED) is 0.328. The van der Waals surface area contributed by atoms with Crippen LogP contribution in [0.5, 0.6) is 5.75 Å². The maximum Gasteiger partial charge on any atom is 0.387 e. The predicted molar refractivity (Wildman–Crippen MR) is 112 cm³/mol. The second kappa shape index (κ2) is 10.1. The molecular weight excluding hydrogens is 377 g/mol. The normalized spacial score (nSPS) is 19.8. The summed E-state index contributed by atoms with van der Waals surface area (Å²) < 4.78 is 42.6. The van der Waals surface area contributed by atoms with Crippen molar-refractivity contribution >= 4 is 8.80 Å². The van der Waals surface area contributed by atoms with E-state index < -0.39 is 27.0 Å². The number of unbranched alkanes of at least 4 members (excludes halogenated alkanes) is 2. The van der Waals surface area contributed by atoms with Crippen molar-refractivity contribution < 1.29 is 17.9 Å². The van der Waals surface area contributed by atoms with Crippen molar-refractivity contribution in [3.8, 4) is 16.9 Å². The molecule has 0 radical (unpaired) electrons. The Labute approximate surface area is 167 Å². The van der Waals surface area contributed by atoms with Crippen LogP contribution >= 0.6 is 0 Å². The fourth-order valence-corrected chi connectivity index (χ4v) is 7.77. The lowest BCUT2D eigenvalue weighted by atomic mass is 9.92. The summed E-state index contributed by atoms with van der Waals surface area (Å²) in [5.41, 5.74) is 2.91. The minimum absolute atomic E-state index is 0.421. The highest BCUT2D eigenvalue weighted by atomic mass is 28.3. The van der Waals surface area contributed by atoms with E-state index in [-0.39, 0.29) is 0 Å². The topological polar surface area (TPSA) is 9.23 Å². The zero-order valence-corrected chi connectivity index (χ0v) is 17.6. The Morgan fingerprint density at radius 3 is 2.29 bits per heavy atom. The van der Waals surface area contributed by atoms with Gasteiger partial charge in [0.15, 0.2) is 11.6 Å². The van der Waals surface area contributed by atoms with Crippen LogP contribution in [-0.4, -0.2) is 15.4 Å². The average Bonchev–Trinajstić information content (AvgIpc) is 2.70. The molecule has 0 amide bonds. The van der Waals surface area contributed by atoms with Crippen LogP contribution in [0.1, 0.15) is 50.5 Å². The Morgan fingerprint density at radius 1 is 1.00 bits per heavy atom. The van der Waals surface area contributed by atoms with Gasteiger partial charge in [-0.3, -0.25) is 0 Å². The summed E-state index contributed by atoms with van der Waals surface area (Å²) in [6.07, 6.45) is 6.71. The summed E-state index contributed by atoms with van der Waals surface area (Å²) in [5.74, 6) is -0.550. The minimum Gasteiger partial charge on any atom is -0.432 e. The van der Waals surface area contributed by atoms with Gasteiger partial charge in [0, 0.05) is 8.80 Å². The van der Waals surface area contributed by atoms with E-state index in [1.165, 1.54) is 67.9 Å². The zero-order valence-electron chi connectivity index (χ0n) is 16.5. The van der Waals surface area contributed by atoms with Gasteiger partial charge in [0.2, 0.25) is 0 Å². The molecule has 3 rings (SSSR count). The number of ether oxygens (including phenoxy) is 1. The first-order valence-corrected chi connectivity index (χ1v) is 12.9. The molecule has 2 aromatic rings. The number of halogens is 3. The second-order valence-corrected chi connectivity index (χ2v) is 11.3. The summed E-state index contributed by atoms with van der Waals surface area (Å²) in [6.45, 7) is -0.758. The number of hydrogen-bond donors (Lipinski definition) is 0. The Morgan fingerprint density at radius 2 is 1.68 bits per heavy atom. The predicted octanol–water partition coefficient (Wildman–Crippen LogP) is 7.39. The molecule has 1 nitrogen and oxygen atoms in total. The van der Waals surface area contributed by atoms with Crippen LogP contribution in [0, 0.1) is 5.82 Å². The van der Waals surface area contributed by atoms with E-state index in [1.54, 1.807) is 6.07 Å². The molecule has 0 N–H and O–H groups in total. The smallest absolute Gasteiger partial charge is 0.387 e. The van der Waals surface area contributed by atoms with Crippen molar-refractivity contribution in [3.05, 3.63) is 53.8 Å². The van der Waals surface area contributed by atoms with Crippen LogP contribution in [0.25, 0.3) is 11.1 Å². The van der Waals surface area contributed by atoms with E-state index in [9.17, 15) is 13.2 Å². The summed E-state index contributed by atoms with van der Waals surface area (Å²) >= 11 is 0. The molecule has 28 heavy (non-hydrogen) atoms. The molecule has 1 aliphatic heterocycles. The minimum atomic E-state index is -3.02. The molecule has 0 spiro atoms. The van der Waals surface area contributed by atoms with E-state index in [0.717, 1.165) is 5.56 Å². The standard InChI is InChI=1S/C23H29F3OSi/c1-2-3-4-13-28-14-11-19(12-15-28)17-5-7-18(8-6-17)20-9-10-22(21(24)16-20)27-23(25)26/h5-10,16,19,23,28H,2-4,11-15H2,1H3.